The van der Waals surface area contributed by atoms with Crippen LogP contribution in [0.15, 0.2) is 31.2 Å². The number of hydrogen-bond acceptors (Lipinski definition) is 6. The van der Waals surface area contributed by atoms with Gasteiger partial charge < -0.3 is 4.42 Å². The van der Waals surface area contributed by atoms with Gasteiger partial charge in [0.1, 0.15) is 5.76 Å². The predicted octanol–water partition coefficient (Wildman–Crippen LogP) is 1.09. The second-order valence-electron chi connectivity index (χ2n) is 5.23. The van der Waals surface area contributed by atoms with Gasteiger partial charge in [0, 0.05) is 25.8 Å². The number of aromatic nitrogens is 2. The summed E-state index contributed by atoms with van der Waals surface area (Å²) in [7, 11) is -3.52. The molecule has 0 bridgehead atoms. The van der Waals surface area contributed by atoms with E-state index in [2.05, 4.69) is 30.8 Å². The predicted molar refractivity (Wildman–Crippen MR) is 82.2 cm³/mol. The Morgan fingerprint density at radius 3 is 2.86 bits per heavy atom. The molecule has 0 atom stereocenters. The molecule has 1 aliphatic heterocycles. The number of aromatic amines is 1. The number of halogens is 1. The van der Waals surface area contributed by atoms with E-state index < -0.39 is 15.4 Å². The molecule has 0 amide bonds. The van der Waals surface area contributed by atoms with Gasteiger partial charge in [-0.15, -0.1) is 0 Å². The van der Waals surface area contributed by atoms with Crippen LogP contribution >= 0.6 is 15.9 Å². The first kappa shape index (κ1) is 15.4. The van der Waals surface area contributed by atoms with Crippen LogP contribution in [0.4, 0.5) is 0 Å². The first-order valence-electron chi connectivity index (χ1n) is 6.61. The fraction of sp³-hybridized carbons (Fsp3) is 0.385. The highest BCUT2D eigenvalue weighted by Gasteiger charge is 2.24. The third-order valence-electron chi connectivity index (χ3n) is 3.49. The van der Waals surface area contributed by atoms with Gasteiger partial charge >= 0.3 is 0 Å². The Morgan fingerprint density at radius 2 is 2.23 bits per heavy atom. The van der Waals surface area contributed by atoms with E-state index in [4.69, 9.17) is 4.42 Å². The molecule has 7 nitrogen and oxygen atoms in total. The highest BCUT2D eigenvalue weighted by Crippen LogP contribution is 2.20. The maximum absolute atomic E-state index is 12.1. The third kappa shape index (κ3) is 3.16. The lowest BCUT2D eigenvalue weighted by Crippen LogP contribution is -2.36. The summed E-state index contributed by atoms with van der Waals surface area (Å²) in [5.74, 6) is 0.799. The minimum Gasteiger partial charge on any atom is -0.453 e. The zero-order chi connectivity index (χ0) is 15.9. The molecular weight excluding hydrogens is 374 g/mol. The minimum atomic E-state index is -3.52. The van der Waals surface area contributed by atoms with Gasteiger partial charge in [-0.1, -0.05) is 0 Å². The molecule has 9 heteroatoms. The van der Waals surface area contributed by atoms with Crippen molar-refractivity contribution < 1.29 is 12.8 Å². The van der Waals surface area contributed by atoms with Crippen molar-refractivity contribution in [2.45, 2.75) is 24.7 Å². The average Bonchev–Trinajstić information content (AvgIpc) is 2.83. The van der Waals surface area contributed by atoms with E-state index in [-0.39, 0.29) is 5.16 Å². The zero-order valence-corrected chi connectivity index (χ0v) is 14.2. The van der Waals surface area contributed by atoms with E-state index in [1.807, 2.05) is 12.1 Å². The lowest BCUT2D eigenvalue weighted by molar-refractivity contribution is 0.220. The van der Waals surface area contributed by atoms with Crippen molar-refractivity contribution in [2.24, 2.45) is 0 Å². The van der Waals surface area contributed by atoms with Crippen LogP contribution in [0.25, 0.3) is 0 Å². The van der Waals surface area contributed by atoms with Crippen molar-refractivity contribution >= 4 is 25.8 Å². The summed E-state index contributed by atoms with van der Waals surface area (Å²) in [4.78, 5) is 20.6. The molecule has 2 aromatic rings. The molecule has 3 rings (SSSR count). The van der Waals surface area contributed by atoms with Crippen LogP contribution in [0.2, 0.25) is 0 Å². The monoisotopic (exact) mass is 387 g/mol. The Labute approximate surface area is 135 Å². The molecule has 0 fully saturated rings. The van der Waals surface area contributed by atoms with E-state index >= 15 is 0 Å². The van der Waals surface area contributed by atoms with Crippen molar-refractivity contribution in [1.29, 1.82) is 0 Å². The summed E-state index contributed by atoms with van der Waals surface area (Å²) in [6, 6.07) is 3.69. The van der Waals surface area contributed by atoms with Gasteiger partial charge in [-0.25, -0.2) is 13.4 Å². The van der Waals surface area contributed by atoms with E-state index in [0.29, 0.717) is 42.0 Å². The molecule has 0 spiro atoms. The van der Waals surface area contributed by atoms with E-state index in [1.165, 1.54) is 0 Å². The fourth-order valence-corrected chi connectivity index (χ4v) is 3.32. The smallest absolute Gasteiger partial charge is 0.256 e. The van der Waals surface area contributed by atoms with Gasteiger partial charge in [-0.05, 0) is 28.1 Å². The molecule has 0 saturated heterocycles. The van der Waals surface area contributed by atoms with Crippen molar-refractivity contribution in [3.63, 3.8) is 0 Å². The number of H-pyrrole nitrogens is 1. The van der Waals surface area contributed by atoms with Gasteiger partial charge in [-0.2, -0.15) is 0 Å². The highest BCUT2D eigenvalue weighted by atomic mass is 79.9. The molecule has 0 aromatic carbocycles. The largest absolute Gasteiger partial charge is 0.453 e. The summed E-state index contributed by atoms with van der Waals surface area (Å²) in [6.07, 6.45) is 1.56. The Balaban J connectivity index is 1.86. The molecule has 2 aromatic heterocycles. The molecule has 1 aliphatic rings. The van der Waals surface area contributed by atoms with E-state index in [0.717, 1.165) is 12.0 Å². The maximum Gasteiger partial charge on any atom is 0.256 e. The van der Waals surface area contributed by atoms with Crippen LogP contribution in [0.1, 0.15) is 17.0 Å². The molecule has 3 heterocycles. The van der Waals surface area contributed by atoms with Crippen molar-refractivity contribution in [3.8, 4) is 0 Å². The molecule has 118 valence electrons. The summed E-state index contributed by atoms with van der Waals surface area (Å²) < 4.78 is 29.2. The van der Waals surface area contributed by atoms with Crippen LogP contribution in [0.3, 0.4) is 0 Å². The van der Waals surface area contributed by atoms with Crippen LogP contribution < -0.4 is 5.56 Å². The average molecular weight is 388 g/mol. The number of nitrogens with one attached hydrogen (secondary N) is 1. The number of nitrogens with zero attached hydrogens (tertiary/aromatic N) is 2. The fourth-order valence-electron chi connectivity index (χ4n) is 2.43. The van der Waals surface area contributed by atoms with Crippen LogP contribution in [0.5, 0.6) is 0 Å². The number of furan rings is 1. The Kier molecular flexibility index (Phi) is 3.96. The topological polar surface area (TPSA) is 96.3 Å². The molecule has 1 N–H and O–H groups in total. The van der Waals surface area contributed by atoms with Crippen molar-refractivity contribution in [3.05, 3.63) is 44.2 Å². The number of hydrogen-bond donors (Lipinski definition) is 1. The second-order valence-corrected chi connectivity index (χ2v) is 7.95. The number of fused-ring (bicyclic) bond motifs is 1. The van der Waals surface area contributed by atoms with Crippen molar-refractivity contribution in [1.82, 2.24) is 14.9 Å². The quantitative estimate of drug-likeness (QED) is 0.791. The first-order chi connectivity index (χ1) is 10.3. The van der Waals surface area contributed by atoms with Gasteiger partial charge in [0.05, 0.1) is 17.8 Å². The molecule has 0 unspecified atom stereocenters. The Bertz CT molecular complexity index is 872. The minimum absolute atomic E-state index is 0.264. The van der Waals surface area contributed by atoms with Gasteiger partial charge in [-0.3, -0.25) is 14.7 Å². The van der Waals surface area contributed by atoms with Crippen LogP contribution in [-0.4, -0.2) is 36.1 Å². The molecular formula is C13H14BrN3O4S. The highest BCUT2D eigenvalue weighted by molar-refractivity contribution is 9.10. The normalized spacial score (nSPS) is 15.7. The second kappa shape index (κ2) is 5.64. The Hall–Kier alpha value is -1.45. The van der Waals surface area contributed by atoms with Gasteiger partial charge in [0.2, 0.25) is 15.0 Å². The lowest BCUT2D eigenvalue weighted by atomic mass is 10.1. The first-order valence-corrected chi connectivity index (χ1v) is 9.30. The summed E-state index contributed by atoms with van der Waals surface area (Å²) in [5, 5.41) is -0.264. The van der Waals surface area contributed by atoms with Gasteiger partial charge in [0.15, 0.2) is 4.67 Å². The Morgan fingerprint density at radius 1 is 1.45 bits per heavy atom. The van der Waals surface area contributed by atoms with E-state index in [9.17, 15) is 13.2 Å². The standard InChI is InChI=1S/C13H14BrN3O4S/c1-22(19,20)13-15-10-4-5-17(7-9(10)12(18)16-13)6-8-2-3-11(14)21-8/h2-3H,4-7H2,1H3,(H,15,16,18). The van der Waals surface area contributed by atoms with Crippen LogP contribution in [0, 0.1) is 0 Å². The van der Waals surface area contributed by atoms with E-state index in [1.54, 1.807) is 0 Å². The summed E-state index contributed by atoms with van der Waals surface area (Å²) in [5.41, 5.74) is 0.682. The van der Waals surface area contributed by atoms with Crippen LogP contribution in [-0.2, 0) is 29.3 Å². The third-order valence-corrected chi connectivity index (χ3v) is 4.81. The van der Waals surface area contributed by atoms with Crippen molar-refractivity contribution in [2.75, 3.05) is 12.8 Å². The SMILES string of the molecule is CS(=O)(=O)c1nc2c(c(=O)[nH]1)CN(Cc1ccc(Br)o1)CC2. The molecule has 0 aliphatic carbocycles. The summed E-state index contributed by atoms with van der Waals surface area (Å²) in [6.45, 7) is 1.68. The van der Waals surface area contributed by atoms with Gasteiger partial charge in [0.25, 0.3) is 5.56 Å². The maximum atomic E-state index is 12.1. The lowest BCUT2D eigenvalue weighted by Gasteiger charge is -2.26. The zero-order valence-electron chi connectivity index (χ0n) is 11.8. The molecule has 22 heavy (non-hydrogen) atoms. The summed E-state index contributed by atoms with van der Waals surface area (Å²) >= 11 is 3.25. The number of rotatable bonds is 3. The number of sulfone groups is 1. The molecule has 0 radical (unpaired) electrons. The molecule has 0 saturated carbocycles.